The molecule has 0 saturated carbocycles. The van der Waals surface area contributed by atoms with Crippen molar-refractivity contribution in [2.24, 2.45) is 0 Å². The lowest BCUT2D eigenvalue weighted by atomic mass is 9.63. The predicted octanol–water partition coefficient (Wildman–Crippen LogP) is 14.7. The number of fused-ring (bicyclic) bond motifs is 9. The summed E-state index contributed by atoms with van der Waals surface area (Å²) in [5.74, 6) is 0. The lowest BCUT2D eigenvalue weighted by Crippen LogP contribution is -2.33. The Hall–Kier alpha value is -6.38. The average Bonchev–Trinajstić information content (AvgIpc) is 3.75. The van der Waals surface area contributed by atoms with Gasteiger partial charge >= 0.3 is 0 Å². The molecule has 2 heterocycles. The molecule has 11 rings (SSSR count). The highest BCUT2D eigenvalue weighted by atomic mass is 15.0. The third kappa shape index (κ3) is 4.95. The van der Waals surface area contributed by atoms with Crippen LogP contribution in [0.2, 0.25) is 0 Å². The summed E-state index contributed by atoms with van der Waals surface area (Å²) in [7, 11) is 0. The van der Waals surface area contributed by atoms with E-state index in [0.29, 0.717) is 0 Å². The lowest BCUT2D eigenvalue weighted by Gasteiger charge is -2.42. The third-order valence-corrected chi connectivity index (χ3v) is 13.0. The molecular weight excluding hydrogens is 677 g/mol. The summed E-state index contributed by atoms with van der Waals surface area (Å²) in [6.45, 7) is 9.64. The van der Waals surface area contributed by atoms with E-state index in [2.05, 4.69) is 207 Å². The van der Waals surface area contributed by atoms with E-state index in [9.17, 15) is 0 Å². The number of nitrogens with zero attached hydrogens (tertiary/aromatic N) is 2. The molecule has 0 bridgehead atoms. The fourth-order valence-electron chi connectivity index (χ4n) is 9.85. The minimum Gasteiger partial charge on any atom is -0.309 e. The lowest BCUT2D eigenvalue weighted by molar-refractivity contribution is 0.332. The number of hydrogen-bond donors (Lipinski definition) is 0. The van der Waals surface area contributed by atoms with E-state index in [1.165, 1.54) is 112 Å². The van der Waals surface area contributed by atoms with E-state index in [4.69, 9.17) is 0 Å². The van der Waals surface area contributed by atoms with E-state index in [1.807, 2.05) is 0 Å². The first-order valence-electron chi connectivity index (χ1n) is 20.1. The van der Waals surface area contributed by atoms with Crippen molar-refractivity contribution < 1.29 is 0 Å². The van der Waals surface area contributed by atoms with Crippen molar-refractivity contribution in [3.05, 3.63) is 181 Å². The molecule has 8 aromatic carbocycles. The molecule has 2 aromatic heterocycles. The quantitative estimate of drug-likeness (QED) is 0.171. The second kappa shape index (κ2) is 12.1. The summed E-state index contributed by atoms with van der Waals surface area (Å²) in [6, 6.07) is 63.4. The van der Waals surface area contributed by atoms with Crippen LogP contribution in [0.5, 0.6) is 0 Å². The number of rotatable bonds is 4. The fraction of sp³-hybridized carbons (Fsp3) is 0.148. The van der Waals surface area contributed by atoms with E-state index < -0.39 is 0 Å². The molecular formula is C54H44N2. The molecule has 0 atom stereocenters. The highest BCUT2D eigenvalue weighted by Crippen LogP contribution is 2.47. The molecule has 0 N–H and O–H groups in total. The summed E-state index contributed by atoms with van der Waals surface area (Å²) in [6.07, 6.45) is 2.43. The molecule has 0 aliphatic heterocycles. The molecule has 270 valence electrons. The molecule has 0 amide bonds. The number of aromatic nitrogens is 2. The van der Waals surface area contributed by atoms with Gasteiger partial charge in [0.05, 0.1) is 22.1 Å². The first-order chi connectivity index (χ1) is 27.2. The monoisotopic (exact) mass is 720 g/mol. The summed E-state index contributed by atoms with van der Waals surface area (Å²) in [5.41, 5.74) is 15.6. The molecule has 0 saturated heterocycles. The second-order valence-corrected chi connectivity index (χ2v) is 17.2. The SMILES string of the molecule is CC1(C)CCC(C)(C)c2cc(-c3cccc(-n4c5ccc(-c6ccc7c(c6)c6ccccc6n7-c6ccccc6)cc5c5c6ccccc6ccc54)c3)ccc21. The van der Waals surface area contributed by atoms with Gasteiger partial charge in [-0.05, 0) is 128 Å². The van der Waals surface area contributed by atoms with Crippen LogP contribution in [-0.4, -0.2) is 9.13 Å². The summed E-state index contributed by atoms with van der Waals surface area (Å²) in [5, 5.41) is 7.63. The predicted molar refractivity (Wildman–Crippen MR) is 239 cm³/mol. The Morgan fingerprint density at radius 3 is 1.71 bits per heavy atom. The van der Waals surface area contributed by atoms with Crippen molar-refractivity contribution in [1.82, 2.24) is 9.13 Å². The molecule has 2 heteroatoms. The van der Waals surface area contributed by atoms with E-state index in [1.54, 1.807) is 0 Å². The summed E-state index contributed by atoms with van der Waals surface area (Å²) < 4.78 is 4.86. The van der Waals surface area contributed by atoms with Crippen LogP contribution in [0.4, 0.5) is 0 Å². The molecule has 56 heavy (non-hydrogen) atoms. The van der Waals surface area contributed by atoms with Crippen LogP contribution < -0.4 is 0 Å². The van der Waals surface area contributed by atoms with Crippen molar-refractivity contribution in [3.63, 3.8) is 0 Å². The van der Waals surface area contributed by atoms with Crippen molar-refractivity contribution in [3.8, 4) is 33.6 Å². The maximum Gasteiger partial charge on any atom is 0.0547 e. The van der Waals surface area contributed by atoms with Crippen LogP contribution in [-0.2, 0) is 10.8 Å². The van der Waals surface area contributed by atoms with Gasteiger partial charge in [-0.15, -0.1) is 0 Å². The number of benzene rings is 8. The van der Waals surface area contributed by atoms with Gasteiger partial charge in [0.1, 0.15) is 0 Å². The second-order valence-electron chi connectivity index (χ2n) is 17.2. The van der Waals surface area contributed by atoms with Crippen molar-refractivity contribution >= 4 is 54.4 Å². The maximum absolute atomic E-state index is 2.48. The maximum atomic E-state index is 2.48. The van der Waals surface area contributed by atoms with Gasteiger partial charge in [-0.1, -0.05) is 137 Å². The highest BCUT2D eigenvalue weighted by Gasteiger charge is 2.37. The normalized spacial score (nSPS) is 14.9. The fourth-order valence-corrected chi connectivity index (χ4v) is 9.85. The van der Waals surface area contributed by atoms with Crippen molar-refractivity contribution in [2.75, 3.05) is 0 Å². The van der Waals surface area contributed by atoms with Crippen LogP contribution >= 0.6 is 0 Å². The Balaban J connectivity index is 1.10. The Labute approximate surface area is 328 Å². The molecule has 0 spiro atoms. The molecule has 1 aliphatic rings. The Morgan fingerprint density at radius 1 is 0.357 bits per heavy atom. The van der Waals surface area contributed by atoms with Crippen molar-refractivity contribution in [1.29, 1.82) is 0 Å². The average molecular weight is 721 g/mol. The smallest absolute Gasteiger partial charge is 0.0547 e. The molecule has 2 nitrogen and oxygen atoms in total. The van der Waals surface area contributed by atoms with Gasteiger partial charge in [-0.2, -0.15) is 0 Å². The van der Waals surface area contributed by atoms with Crippen LogP contribution in [0.25, 0.3) is 88.0 Å². The largest absolute Gasteiger partial charge is 0.309 e. The summed E-state index contributed by atoms with van der Waals surface area (Å²) in [4.78, 5) is 0. The molecule has 0 fully saturated rings. The Bertz CT molecular complexity index is 3190. The zero-order valence-electron chi connectivity index (χ0n) is 32.5. The van der Waals surface area contributed by atoms with E-state index in [0.717, 1.165) is 0 Å². The van der Waals surface area contributed by atoms with Gasteiger partial charge in [0.2, 0.25) is 0 Å². The number of para-hydroxylation sites is 2. The van der Waals surface area contributed by atoms with Crippen LogP contribution in [0, 0.1) is 0 Å². The molecule has 1 aliphatic carbocycles. The summed E-state index contributed by atoms with van der Waals surface area (Å²) >= 11 is 0. The highest BCUT2D eigenvalue weighted by molar-refractivity contribution is 6.22. The third-order valence-electron chi connectivity index (χ3n) is 13.0. The topological polar surface area (TPSA) is 9.86 Å². The van der Waals surface area contributed by atoms with Crippen molar-refractivity contribution in [2.45, 2.75) is 51.4 Å². The van der Waals surface area contributed by atoms with Crippen LogP contribution in [0.3, 0.4) is 0 Å². The van der Waals surface area contributed by atoms with Crippen LogP contribution in [0.15, 0.2) is 170 Å². The van der Waals surface area contributed by atoms with Gasteiger partial charge in [-0.3, -0.25) is 0 Å². The van der Waals surface area contributed by atoms with Gasteiger partial charge in [0.15, 0.2) is 0 Å². The Kier molecular flexibility index (Phi) is 7.11. The molecule has 10 aromatic rings. The Morgan fingerprint density at radius 2 is 0.911 bits per heavy atom. The van der Waals surface area contributed by atoms with Crippen LogP contribution in [0.1, 0.15) is 51.7 Å². The van der Waals surface area contributed by atoms with E-state index in [-0.39, 0.29) is 10.8 Å². The zero-order chi connectivity index (χ0) is 37.8. The zero-order valence-corrected chi connectivity index (χ0v) is 32.5. The van der Waals surface area contributed by atoms with Gasteiger partial charge in [0.25, 0.3) is 0 Å². The first-order valence-corrected chi connectivity index (χ1v) is 20.1. The molecule has 0 radical (unpaired) electrons. The van der Waals surface area contributed by atoms with Gasteiger partial charge in [0, 0.05) is 32.9 Å². The standard InChI is InChI=1S/C54H44N2/c1-53(2)29-30-54(3,4)47-34-39(21-25-46(47)53)36-14-12-17-41(31-36)56-50-27-24-38(33-45(50)52-42-18-9-8-13-35(42)22-28-51(52)56)37-23-26-49-44(32-37)43-19-10-11-20-48(43)55(49)40-15-6-5-7-16-40/h5-28,31-34H,29-30H2,1-4H3. The first kappa shape index (κ1) is 33.0. The van der Waals surface area contributed by atoms with E-state index >= 15 is 0 Å². The van der Waals surface area contributed by atoms with Gasteiger partial charge in [-0.25, -0.2) is 0 Å². The minimum atomic E-state index is 0.160. The number of hydrogen-bond acceptors (Lipinski definition) is 0. The minimum absolute atomic E-state index is 0.160. The molecule has 0 unspecified atom stereocenters. The van der Waals surface area contributed by atoms with Gasteiger partial charge < -0.3 is 9.13 Å².